The maximum atomic E-state index is 12.8. The van der Waals surface area contributed by atoms with E-state index in [1.807, 2.05) is 6.26 Å². The zero-order valence-electron chi connectivity index (χ0n) is 9.37. The van der Waals surface area contributed by atoms with Gasteiger partial charge in [-0.3, -0.25) is 4.79 Å². The first-order valence-electron chi connectivity index (χ1n) is 5.05. The zero-order chi connectivity index (χ0) is 12.8. The highest BCUT2D eigenvalue weighted by Crippen LogP contribution is 2.22. The van der Waals surface area contributed by atoms with Crippen LogP contribution in [0.3, 0.4) is 0 Å². The first kappa shape index (κ1) is 14.3. The Labute approximate surface area is 109 Å². The molecule has 0 unspecified atom stereocenters. The Morgan fingerprint density at radius 3 is 2.94 bits per heavy atom. The van der Waals surface area contributed by atoms with Crippen molar-refractivity contribution in [2.75, 3.05) is 17.3 Å². The minimum atomic E-state index is -0.580. The Bertz CT molecular complexity index is 403. The Balaban J connectivity index is 2.61. The molecule has 94 valence electrons. The summed E-state index contributed by atoms with van der Waals surface area (Å²) < 4.78 is 12.8. The van der Waals surface area contributed by atoms with E-state index in [0.717, 1.165) is 11.8 Å². The lowest BCUT2D eigenvalue weighted by atomic mass is 10.2. The van der Waals surface area contributed by atoms with Crippen LogP contribution in [0.15, 0.2) is 18.2 Å². The van der Waals surface area contributed by atoms with Gasteiger partial charge in [-0.25, -0.2) is 4.39 Å². The van der Waals surface area contributed by atoms with Crippen LogP contribution in [0.25, 0.3) is 0 Å². The molecule has 3 nitrogen and oxygen atoms in total. The molecule has 0 aliphatic rings. The largest absolute Gasteiger partial charge is 0.323 e. The van der Waals surface area contributed by atoms with Crippen molar-refractivity contribution in [2.45, 2.75) is 12.5 Å². The summed E-state index contributed by atoms with van der Waals surface area (Å²) >= 11 is 7.41. The van der Waals surface area contributed by atoms with Gasteiger partial charge in [-0.1, -0.05) is 11.6 Å². The molecule has 3 N–H and O–H groups in total. The highest BCUT2D eigenvalue weighted by Gasteiger charge is 2.14. The van der Waals surface area contributed by atoms with Crippen LogP contribution in [-0.2, 0) is 4.79 Å². The molecule has 6 heteroatoms. The number of benzene rings is 1. The molecule has 0 saturated heterocycles. The van der Waals surface area contributed by atoms with Crippen molar-refractivity contribution in [3.8, 4) is 0 Å². The molecule has 0 fully saturated rings. The molecule has 0 aliphatic heterocycles. The average Bonchev–Trinajstić information content (AvgIpc) is 2.29. The second kappa shape index (κ2) is 6.83. The van der Waals surface area contributed by atoms with Crippen molar-refractivity contribution >= 4 is 35.0 Å². The number of amides is 1. The van der Waals surface area contributed by atoms with Crippen LogP contribution in [0.2, 0.25) is 5.02 Å². The number of halogens is 2. The Morgan fingerprint density at radius 1 is 1.65 bits per heavy atom. The molecule has 0 aliphatic carbocycles. The fourth-order valence-corrected chi connectivity index (χ4v) is 1.90. The lowest BCUT2D eigenvalue weighted by Gasteiger charge is -2.12. The molecule has 1 aromatic rings. The third-order valence-corrected chi connectivity index (χ3v) is 3.12. The van der Waals surface area contributed by atoms with Gasteiger partial charge in [0.2, 0.25) is 5.91 Å². The average molecular weight is 277 g/mol. The summed E-state index contributed by atoms with van der Waals surface area (Å²) in [5.74, 6) is 0.0541. The van der Waals surface area contributed by atoms with E-state index in [4.69, 9.17) is 17.3 Å². The Morgan fingerprint density at radius 2 is 2.35 bits per heavy atom. The molecule has 0 saturated carbocycles. The number of hydrogen-bond donors (Lipinski definition) is 2. The minimum Gasteiger partial charge on any atom is -0.323 e. The molecule has 1 rings (SSSR count). The number of hydrogen-bond acceptors (Lipinski definition) is 3. The number of nitrogens with one attached hydrogen (secondary N) is 1. The number of rotatable bonds is 5. The maximum absolute atomic E-state index is 12.8. The van der Waals surface area contributed by atoms with Gasteiger partial charge in [-0.05, 0) is 36.6 Å². The van der Waals surface area contributed by atoms with E-state index in [1.54, 1.807) is 11.8 Å². The van der Waals surface area contributed by atoms with Crippen LogP contribution in [0.1, 0.15) is 6.42 Å². The number of nitrogens with two attached hydrogens (primary N) is 1. The molecule has 1 atom stereocenters. The van der Waals surface area contributed by atoms with E-state index in [0.29, 0.717) is 12.1 Å². The van der Waals surface area contributed by atoms with Gasteiger partial charge in [-0.2, -0.15) is 11.8 Å². The van der Waals surface area contributed by atoms with Crippen LogP contribution in [0, 0.1) is 5.82 Å². The predicted octanol–water partition coefficient (Wildman–Crippen LogP) is 2.50. The number of thioether (sulfide) groups is 1. The smallest absolute Gasteiger partial charge is 0.241 e. The third-order valence-electron chi connectivity index (χ3n) is 2.16. The molecular formula is C11H14ClFN2OS. The lowest BCUT2D eigenvalue weighted by Crippen LogP contribution is -2.36. The molecule has 1 aromatic carbocycles. The lowest BCUT2D eigenvalue weighted by molar-refractivity contribution is -0.117. The molecule has 17 heavy (non-hydrogen) atoms. The van der Waals surface area contributed by atoms with Crippen molar-refractivity contribution < 1.29 is 9.18 Å². The summed E-state index contributed by atoms with van der Waals surface area (Å²) in [5, 5.41) is 2.74. The van der Waals surface area contributed by atoms with Gasteiger partial charge >= 0.3 is 0 Å². The molecule has 0 spiro atoms. The SMILES string of the molecule is CSCC[C@@H](N)C(=O)Nc1ccc(F)cc1Cl. The molecule has 0 radical (unpaired) electrons. The maximum Gasteiger partial charge on any atom is 0.241 e. The normalized spacial score (nSPS) is 12.2. The summed E-state index contributed by atoms with van der Waals surface area (Å²) in [4.78, 5) is 11.7. The van der Waals surface area contributed by atoms with Crippen LogP contribution in [-0.4, -0.2) is 24.0 Å². The van der Waals surface area contributed by atoms with Gasteiger partial charge in [0.1, 0.15) is 5.82 Å². The topological polar surface area (TPSA) is 55.1 Å². The fraction of sp³-hybridized carbons (Fsp3) is 0.364. The predicted molar refractivity (Wildman–Crippen MR) is 71.0 cm³/mol. The van der Waals surface area contributed by atoms with Crippen molar-refractivity contribution in [1.82, 2.24) is 0 Å². The van der Waals surface area contributed by atoms with Crippen LogP contribution in [0.4, 0.5) is 10.1 Å². The third kappa shape index (κ3) is 4.53. The molecule has 1 amide bonds. The van der Waals surface area contributed by atoms with Crippen LogP contribution < -0.4 is 11.1 Å². The van der Waals surface area contributed by atoms with Crippen LogP contribution >= 0.6 is 23.4 Å². The van der Waals surface area contributed by atoms with E-state index in [1.165, 1.54) is 12.1 Å². The van der Waals surface area contributed by atoms with Crippen molar-refractivity contribution in [1.29, 1.82) is 0 Å². The molecule has 0 heterocycles. The van der Waals surface area contributed by atoms with Gasteiger partial charge in [0, 0.05) is 0 Å². The first-order chi connectivity index (χ1) is 8.04. The highest BCUT2D eigenvalue weighted by atomic mass is 35.5. The number of carbonyl (C=O) groups excluding carboxylic acids is 1. The van der Waals surface area contributed by atoms with Gasteiger partial charge in [0.25, 0.3) is 0 Å². The summed E-state index contributed by atoms with van der Waals surface area (Å²) in [6.45, 7) is 0. The fourth-order valence-electron chi connectivity index (χ4n) is 1.19. The van der Waals surface area contributed by atoms with E-state index < -0.39 is 11.9 Å². The zero-order valence-corrected chi connectivity index (χ0v) is 10.9. The van der Waals surface area contributed by atoms with Crippen molar-refractivity contribution in [2.24, 2.45) is 5.73 Å². The second-order valence-electron chi connectivity index (χ2n) is 3.50. The molecule has 0 aromatic heterocycles. The van der Waals surface area contributed by atoms with E-state index >= 15 is 0 Å². The quantitative estimate of drug-likeness (QED) is 0.869. The summed E-state index contributed by atoms with van der Waals surface area (Å²) in [7, 11) is 0. The van der Waals surface area contributed by atoms with Gasteiger partial charge in [0.05, 0.1) is 16.8 Å². The summed E-state index contributed by atoms with van der Waals surface area (Å²) in [6, 6.07) is 3.21. The highest BCUT2D eigenvalue weighted by molar-refractivity contribution is 7.98. The minimum absolute atomic E-state index is 0.162. The number of carbonyl (C=O) groups is 1. The van der Waals surface area contributed by atoms with Gasteiger partial charge in [-0.15, -0.1) is 0 Å². The van der Waals surface area contributed by atoms with Crippen molar-refractivity contribution in [3.63, 3.8) is 0 Å². The van der Waals surface area contributed by atoms with Crippen LogP contribution in [0.5, 0.6) is 0 Å². The van der Waals surface area contributed by atoms with Crippen molar-refractivity contribution in [3.05, 3.63) is 29.0 Å². The number of anilines is 1. The second-order valence-corrected chi connectivity index (χ2v) is 4.89. The molecule has 0 bridgehead atoms. The first-order valence-corrected chi connectivity index (χ1v) is 6.82. The Kier molecular flexibility index (Phi) is 5.74. The van der Waals surface area contributed by atoms with Gasteiger partial charge < -0.3 is 11.1 Å². The standard InChI is InChI=1S/C11H14ClFN2OS/c1-17-5-4-9(14)11(16)15-10-3-2-7(13)6-8(10)12/h2-3,6,9H,4-5,14H2,1H3,(H,15,16)/t9-/m1/s1. The summed E-state index contributed by atoms with van der Waals surface area (Å²) in [5.41, 5.74) is 6.06. The van der Waals surface area contributed by atoms with E-state index in [-0.39, 0.29) is 10.9 Å². The summed E-state index contributed by atoms with van der Waals surface area (Å²) in [6.07, 6.45) is 2.53. The van der Waals surface area contributed by atoms with Gasteiger partial charge in [0.15, 0.2) is 0 Å². The van der Waals surface area contributed by atoms with E-state index in [2.05, 4.69) is 5.32 Å². The Hall–Kier alpha value is -0.780. The monoisotopic (exact) mass is 276 g/mol. The van der Waals surface area contributed by atoms with E-state index in [9.17, 15) is 9.18 Å². The molecular weight excluding hydrogens is 263 g/mol.